The largest absolute Gasteiger partial charge is 0.389 e. The van der Waals surface area contributed by atoms with E-state index in [0.717, 1.165) is 18.5 Å². The molecule has 1 amide bonds. The van der Waals surface area contributed by atoms with E-state index in [1.807, 2.05) is 6.07 Å². The number of nitrogens with zero attached hydrogens (tertiary/aromatic N) is 5. The summed E-state index contributed by atoms with van der Waals surface area (Å²) in [6.07, 6.45) is 2.99. The molecule has 31 heavy (non-hydrogen) atoms. The maximum atomic E-state index is 12.9. The van der Waals surface area contributed by atoms with Gasteiger partial charge in [0.15, 0.2) is 11.5 Å². The minimum Gasteiger partial charge on any atom is -0.351 e. The van der Waals surface area contributed by atoms with E-state index in [0.29, 0.717) is 17.3 Å². The summed E-state index contributed by atoms with van der Waals surface area (Å²) in [5, 5.41) is 9.89. The van der Waals surface area contributed by atoms with Crippen LogP contribution < -0.4 is 10.6 Å². The van der Waals surface area contributed by atoms with Gasteiger partial charge in [0, 0.05) is 36.8 Å². The molecule has 0 unspecified atom stereocenters. The molecule has 2 N–H and O–H groups in total. The SMILES string of the molecule is O=C(Nc1ccn(CCCC(F)(F)F)n1)c1nc(C2CC2)ccc1Nc1cncnc1. The molecule has 4 rings (SSSR count). The number of carbonyl (C=O) groups excluding carboxylic acids is 1. The zero-order chi connectivity index (χ0) is 21.8. The van der Waals surface area contributed by atoms with E-state index >= 15 is 0 Å². The molecule has 162 valence electrons. The lowest BCUT2D eigenvalue weighted by Gasteiger charge is -2.12. The summed E-state index contributed by atoms with van der Waals surface area (Å²) in [7, 11) is 0. The summed E-state index contributed by atoms with van der Waals surface area (Å²) in [6, 6.07) is 5.21. The molecule has 11 heteroatoms. The Bertz CT molecular complexity index is 1050. The number of aromatic nitrogens is 5. The van der Waals surface area contributed by atoms with Gasteiger partial charge in [-0.05, 0) is 31.4 Å². The second-order valence-electron chi connectivity index (χ2n) is 7.30. The van der Waals surface area contributed by atoms with Gasteiger partial charge in [0.25, 0.3) is 5.91 Å². The lowest BCUT2D eigenvalue weighted by atomic mass is 10.2. The van der Waals surface area contributed by atoms with Crippen molar-refractivity contribution < 1.29 is 18.0 Å². The van der Waals surface area contributed by atoms with E-state index in [1.54, 1.807) is 18.5 Å². The van der Waals surface area contributed by atoms with E-state index in [1.165, 1.54) is 23.3 Å². The van der Waals surface area contributed by atoms with Gasteiger partial charge in [0.2, 0.25) is 0 Å². The molecule has 1 fully saturated rings. The highest BCUT2D eigenvalue weighted by Gasteiger charge is 2.27. The predicted molar refractivity (Wildman–Crippen MR) is 107 cm³/mol. The summed E-state index contributed by atoms with van der Waals surface area (Å²) >= 11 is 0. The van der Waals surface area contributed by atoms with Gasteiger partial charge in [-0.1, -0.05) is 0 Å². The number of carbonyl (C=O) groups is 1. The zero-order valence-electron chi connectivity index (χ0n) is 16.4. The van der Waals surface area contributed by atoms with Gasteiger partial charge in [0.05, 0.1) is 23.8 Å². The molecule has 1 aliphatic carbocycles. The molecule has 0 aliphatic heterocycles. The Hall–Kier alpha value is -3.50. The Morgan fingerprint density at radius 3 is 2.65 bits per heavy atom. The molecule has 0 spiro atoms. The maximum Gasteiger partial charge on any atom is 0.389 e. The van der Waals surface area contributed by atoms with Crippen LogP contribution in [0.15, 0.2) is 43.1 Å². The van der Waals surface area contributed by atoms with Crippen molar-refractivity contribution in [2.24, 2.45) is 0 Å². The fourth-order valence-electron chi connectivity index (χ4n) is 3.04. The van der Waals surface area contributed by atoms with Crippen LogP contribution in [0.3, 0.4) is 0 Å². The van der Waals surface area contributed by atoms with Crippen LogP contribution in [0.2, 0.25) is 0 Å². The van der Waals surface area contributed by atoms with Gasteiger partial charge in [-0.15, -0.1) is 0 Å². The van der Waals surface area contributed by atoms with Crippen molar-refractivity contribution in [2.75, 3.05) is 10.6 Å². The Kier molecular flexibility index (Phi) is 5.83. The molecule has 1 aliphatic rings. The normalized spacial score (nSPS) is 13.8. The van der Waals surface area contributed by atoms with Crippen molar-refractivity contribution in [3.8, 4) is 0 Å². The van der Waals surface area contributed by atoms with Crippen LogP contribution in [-0.4, -0.2) is 36.8 Å². The fraction of sp³-hybridized carbons (Fsp3) is 0.350. The van der Waals surface area contributed by atoms with Crippen molar-refractivity contribution >= 4 is 23.1 Å². The van der Waals surface area contributed by atoms with E-state index in [9.17, 15) is 18.0 Å². The monoisotopic (exact) mass is 431 g/mol. The third-order valence-corrected chi connectivity index (χ3v) is 4.70. The molecule has 3 aromatic rings. The van der Waals surface area contributed by atoms with Crippen LogP contribution in [0.1, 0.15) is 47.8 Å². The molecule has 0 atom stereocenters. The van der Waals surface area contributed by atoms with E-state index < -0.39 is 18.5 Å². The number of hydrogen-bond acceptors (Lipinski definition) is 6. The summed E-state index contributed by atoms with van der Waals surface area (Å²) in [4.78, 5) is 25.4. The first-order chi connectivity index (χ1) is 14.9. The topological polar surface area (TPSA) is 97.6 Å². The second kappa shape index (κ2) is 8.70. The van der Waals surface area contributed by atoms with Crippen molar-refractivity contribution in [3.05, 3.63) is 54.5 Å². The molecular formula is C20H20F3N7O. The zero-order valence-corrected chi connectivity index (χ0v) is 16.4. The first-order valence-corrected chi connectivity index (χ1v) is 9.82. The second-order valence-corrected chi connectivity index (χ2v) is 7.30. The van der Waals surface area contributed by atoms with E-state index in [-0.39, 0.29) is 24.5 Å². The van der Waals surface area contributed by atoms with Crippen molar-refractivity contribution in [1.82, 2.24) is 24.7 Å². The lowest BCUT2D eigenvalue weighted by Crippen LogP contribution is -2.17. The van der Waals surface area contributed by atoms with Gasteiger partial charge in [-0.25, -0.2) is 15.0 Å². The van der Waals surface area contributed by atoms with Gasteiger partial charge in [0.1, 0.15) is 6.33 Å². The smallest absolute Gasteiger partial charge is 0.351 e. The summed E-state index contributed by atoms with van der Waals surface area (Å²) in [6.45, 7) is 0.103. The summed E-state index contributed by atoms with van der Waals surface area (Å²) in [5.74, 6) is 0.125. The highest BCUT2D eigenvalue weighted by atomic mass is 19.4. The Balaban J connectivity index is 1.47. The van der Waals surface area contributed by atoms with Crippen LogP contribution in [0.5, 0.6) is 0 Å². The van der Waals surface area contributed by atoms with Gasteiger partial charge < -0.3 is 10.6 Å². The van der Waals surface area contributed by atoms with Crippen LogP contribution in [-0.2, 0) is 6.54 Å². The molecule has 0 radical (unpaired) electrons. The quantitative estimate of drug-likeness (QED) is 0.552. The van der Waals surface area contributed by atoms with E-state index in [2.05, 4.69) is 30.7 Å². The highest BCUT2D eigenvalue weighted by Crippen LogP contribution is 2.39. The maximum absolute atomic E-state index is 12.9. The third kappa shape index (κ3) is 5.77. The first kappa shape index (κ1) is 20.8. The molecule has 8 nitrogen and oxygen atoms in total. The Morgan fingerprint density at radius 2 is 1.94 bits per heavy atom. The third-order valence-electron chi connectivity index (χ3n) is 4.70. The molecule has 1 saturated carbocycles. The average molecular weight is 431 g/mol. The van der Waals surface area contributed by atoms with Gasteiger partial charge >= 0.3 is 6.18 Å². The number of halogens is 3. The number of anilines is 3. The van der Waals surface area contributed by atoms with Gasteiger partial charge in [-0.2, -0.15) is 18.3 Å². The lowest BCUT2D eigenvalue weighted by molar-refractivity contribution is -0.136. The van der Waals surface area contributed by atoms with Crippen molar-refractivity contribution in [3.63, 3.8) is 0 Å². The number of alkyl halides is 3. The van der Waals surface area contributed by atoms with Gasteiger partial charge in [-0.3, -0.25) is 9.48 Å². The van der Waals surface area contributed by atoms with Crippen LogP contribution in [0, 0.1) is 0 Å². The molecule has 0 aromatic carbocycles. The van der Waals surface area contributed by atoms with Crippen molar-refractivity contribution in [2.45, 2.75) is 44.3 Å². The minimum atomic E-state index is -4.20. The number of nitrogens with one attached hydrogen (secondary N) is 2. The molecule has 0 saturated heterocycles. The number of rotatable bonds is 8. The molecule has 0 bridgehead atoms. The predicted octanol–water partition coefficient (Wildman–Crippen LogP) is 4.28. The number of pyridine rings is 1. The summed E-state index contributed by atoms with van der Waals surface area (Å²) < 4.78 is 38.3. The summed E-state index contributed by atoms with van der Waals surface area (Å²) in [5.41, 5.74) is 2.13. The van der Waals surface area contributed by atoms with Crippen LogP contribution >= 0.6 is 0 Å². The Morgan fingerprint density at radius 1 is 1.16 bits per heavy atom. The standard InChI is InChI=1S/C20H20F3N7O/c21-20(22,23)7-1-8-30-9-6-17(29-30)28-19(31)18-16(26-14-10-24-12-25-11-14)5-4-15(27-18)13-2-3-13/h4-6,9-13,26H,1-3,7-8H2,(H,28,29,31). The van der Waals surface area contributed by atoms with Crippen LogP contribution in [0.25, 0.3) is 0 Å². The van der Waals surface area contributed by atoms with Crippen molar-refractivity contribution in [1.29, 1.82) is 0 Å². The number of hydrogen-bond donors (Lipinski definition) is 2. The Labute approximate surface area is 175 Å². The molecular weight excluding hydrogens is 411 g/mol. The van der Waals surface area contributed by atoms with Crippen LogP contribution in [0.4, 0.5) is 30.4 Å². The molecule has 3 aromatic heterocycles. The molecule has 3 heterocycles. The first-order valence-electron chi connectivity index (χ1n) is 9.82. The van der Waals surface area contributed by atoms with E-state index in [4.69, 9.17) is 0 Å². The number of amides is 1. The highest BCUT2D eigenvalue weighted by molar-refractivity contribution is 6.06. The average Bonchev–Trinajstić information content (AvgIpc) is 3.49. The number of aryl methyl sites for hydroxylation is 1. The fourth-order valence-corrected chi connectivity index (χ4v) is 3.04. The minimum absolute atomic E-state index is 0.0865.